The van der Waals surface area contributed by atoms with Crippen LogP contribution in [0.4, 0.5) is 0 Å². The zero-order valence-corrected chi connectivity index (χ0v) is 8.30. The Bertz CT molecular complexity index is 570. The van der Waals surface area contributed by atoms with E-state index in [0.29, 0.717) is 0 Å². The number of H-pyrrole nitrogens is 1. The molecule has 0 spiro atoms. The van der Waals surface area contributed by atoms with Crippen LogP contribution in [0.1, 0.15) is 15.4 Å². The Hall–Kier alpha value is -1.44. The number of nitrogens with one attached hydrogen (secondary N) is 2. The number of aromatic amines is 1. The average molecular weight is 229 g/mol. The molecule has 88 valence electrons. The van der Waals surface area contributed by atoms with Crippen molar-refractivity contribution in [3.05, 3.63) is 28.2 Å². The van der Waals surface area contributed by atoms with Gasteiger partial charge in [-0.2, -0.15) is 0 Å². The summed E-state index contributed by atoms with van der Waals surface area (Å²) in [5.74, 6) is 0. The zero-order chi connectivity index (χ0) is 13.4. The molecule has 1 aliphatic rings. The normalized spacial score (nSPS) is 31.2. The van der Waals surface area contributed by atoms with Gasteiger partial charge in [0.2, 0.25) is 0 Å². The minimum absolute atomic E-state index is 0.142. The molecule has 0 aromatic carbocycles. The first-order valence-electron chi connectivity index (χ1n) is 5.76. The van der Waals surface area contributed by atoms with E-state index in [9.17, 15) is 9.90 Å². The fourth-order valence-corrected chi connectivity index (χ4v) is 1.62. The molecular weight excluding hydrogens is 214 g/mol. The van der Waals surface area contributed by atoms with E-state index in [1.54, 1.807) is 0 Å². The molecule has 2 heterocycles. The van der Waals surface area contributed by atoms with Crippen molar-refractivity contribution in [2.75, 3.05) is 6.61 Å². The number of rotatable bonds is 2. The number of aliphatic hydroxyl groups is 2. The topological polar surface area (TPSA) is 111 Å². The third-order valence-corrected chi connectivity index (χ3v) is 2.38. The van der Waals surface area contributed by atoms with Gasteiger partial charge in [0.1, 0.15) is 11.6 Å². The fraction of sp³-hybridized carbons (Fsp3) is 0.556. The van der Waals surface area contributed by atoms with Gasteiger partial charge >= 0.3 is 5.69 Å². The van der Waals surface area contributed by atoms with Crippen LogP contribution in [0.5, 0.6) is 0 Å². The van der Waals surface area contributed by atoms with Crippen LogP contribution in [0, 0.1) is 5.41 Å². The van der Waals surface area contributed by atoms with Crippen LogP contribution in [0.2, 0.25) is 0 Å². The van der Waals surface area contributed by atoms with Gasteiger partial charge in [-0.1, -0.05) is 0 Å². The van der Waals surface area contributed by atoms with Gasteiger partial charge in [-0.15, -0.1) is 0 Å². The lowest BCUT2D eigenvalue weighted by Gasteiger charge is -2.16. The Morgan fingerprint density at radius 3 is 3.19 bits per heavy atom. The summed E-state index contributed by atoms with van der Waals surface area (Å²) in [6.45, 7) is -0.302. The second-order valence-electron chi connectivity index (χ2n) is 3.55. The van der Waals surface area contributed by atoms with Gasteiger partial charge in [-0.3, -0.25) is 15.0 Å². The summed E-state index contributed by atoms with van der Waals surface area (Å²) < 4.78 is 21.1. The highest BCUT2D eigenvalue weighted by Gasteiger charge is 2.35. The Morgan fingerprint density at radius 1 is 1.81 bits per heavy atom. The van der Waals surface area contributed by atoms with Crippen LogP contribution in [-0.2, 0) is 4.74 Å². The van der Waals surface area contributed by atoms with E-state index >= 15 is 0 Å². The second-order valence-corrected chi connectivity index (χ2v) is 3.55. The molecule has 7 nitrogen and oxygen atoms in total. The molecule has 1 fully saturated rings. The smallest absolute Gasteiger partial charge is 0.329 e. The molecule has 1 aliphatic heterocycles. The molecule has 0 radical (unpaired) electrons. The predicted octanol–water partition coefficient (Wildman–Crippen LogP) is -1.70. The quantitative estimate of drug-likeness (QED) is 0.484. The fourth-order valence-electron chi connectivity index (χ4n) is 1.62. The van der Waals surface area contributed by atoms with Gasteiger partial charge in [0.15, 0.2) is 6.23 Å². The van der Waals surface area contributed by atoms with Crippen molar-refractivity contribution >= 4 is 0 Å². The summed E-state index contributed by atoms with van der Waals surface area (Å²) in [5.41, 5.74) is -1.27. The molecule has 0 aliphatic carbocycles. The summed E-state index contributed by atoms with van der Waals surface area (Å²) in [5, 5.41) is 26.0. The molecular formula is C9H13N3O4. The molecule has 0 bridgehead atoms. The van der Waals surface area contributed by atoms with Crippen molar-refractivity contribution in [1.82, 2.24) is 9.55 Å². The lowest BCUT2D eigenvalue weighted by Crippen LogP contribution is -2.35. The number of hydrogen-bond acceptors (Lipinski definition) is 5. The maximum absolute atomic E-state index is 11.7. The van der Waals surface area contributed by atoms with Crippen LogP contribution < -0.4 is 11.2 Å². The van der Waals surface area contributed by atoms with Gasteiger partial charge in [0.25, 0.3) is 0 Å². The summed E-state index contributed by atoms with van der Waals surface area (Å²) in [6, 6.07) is -0.460. The van der Waals surface area contributed by atoms with Crippen LogP contribution in [-0.4, -0.2) is 38.6 Å². The minimum Gasteiger partial charge on any atom is -0.394 e. The van der Waals surface area contributed by atoms with E-state index in [1.165, 1.54) is 0 Å². The molecule has 3 atom stereocenters. The third kappa shape index (κ3) is 1.92. The minimum atomic E-state index is -1.12. The molecule has 1 saturated heterocycles. The van der Waals surface area contributed by atoms with Crippen molar-refractivity contribution in [1.29, 1.82) is 5.41 Å². The van der Waals surface area contributed by atoms with Crippen LogP contribution in [0.3, 0.4) is 0 Å². The number of nitrogens with zero attached hydrogens (tertiary/aromatic N) is 1. The average Bonchev–Trinajstić information content (AvgIpc) is 2.68. The first-order valence-corrected chi connectivity index (χ1v) is 4.76. The Morgan fingerprint density at radius 2 is 2.56 bits per heavy atom. The lowest BCUT2D eigenvalue weighted by molar-refractivity contribution is -0.0530. The first-order chi connectivity index (χ1) is 8.45. The molecule has 0 saturated carbocycles. The molecule has 16 heavy (non-hydrogen) atoms. The zero-order valence-electron chi connectivity index (χ0n) is 10.3. The molecule has 1 aromatic heterocycles. The molecule has 0 amide bonds. The maximum atomic E-state index is 11.7. The Labute approximate surface area is 93.3 Å². The second kappa shape index (κ2) is 4.20. The summed E-state index contributed by atoms with van der Waals surface area (Å²) >= 11 is 0. The SMILES string of the molecule is [2H]c1c([2H])n([C@@H]2O[C@H](CO)C[C@H]2O)c(=O)[nH]c1=N. The summed E-state index contributed by atoms with van der Waals surface area (Å²) in [7, 11) is 0. The van der Waals surface area contributed by atoms with E-state index in [0.717, 1.165) is 4.57 Å². The number of hydrogen-bond donors (Lipinski definition) is 4. The van der Waals surface area contributed by atoms with Crippen molar-refractivity contribution in [3.8, 4) is 0 Å². The highest BCUT2D eigenvalue weighted by molar-refractivity contribution is 4.87. The molecule has 7 heteroatoms. The van der Waals surface area contributed by atoms with Crippen LogP contribution >= 0.6 is 0 Å². The third-order valence-electron chi connectivity index (χ3n) is 2.38. The molecule has 1 aromatic rings. The van der Waals surface area contributed by atoms with Crippen molar-refractivity contribution in [3.63, 3.8) is 0 Å². The Balaban J connectivity index is 2.50. The van der Waals surface area contributed by atoms with E-state index in [4.69, 9.17) is 18.0 Å². The van der Waals surface area contributed by atoms with Gasteiger partial charge in [0.05, 0.1) is 15.5 Å². The monoisotopic (exact) mass is 229 g/mol. The standard InChI is InChI=1S/C9H13N3O4/c10-7-1-2-12(9(15)11-7)8-6(14)3-5(4-13)16-8/h1-2,5-6,8,13-14H,3-4H2,(H2,10,11,15)/t5-,6+,8+/m0/s1/i1D,2D. The Kier molecular flexibility index (Phi) is 2.28. The number of aliphatic hydroxyl groups excluding tert-OH is 2. The highest BCUT2D eigenvalue weighted by atomic mass is 16.5. The molecule has 4 N–H and O–H groups in total. The van der Waals surface area contributed by atoms with Crippen molar-refractivity contribution in [2.45, 2.75) is 24.9 Å². The summed E-state index contributed by atoms with van der Waals surface area (Å²) in [6.07, 6.45) is -3.15. The van der Waals surface area contributed by atoms with Gasteiger partial charge in [-0.05, 0) is 6.04 Å². The number of ether oxygens (including phenoxy) is 1. The highest BCUT2D eigenvalue weighted by Crippen LogP contribution is 2.26. The van der Waals surface area contributed by atoms with Gasteiger partial charge < -0.3 is 14.9 Å². The molecule has 0 unspecified atom stereocenters. The lowest BCUT2D eigenvalue weighted by atomic mass is 10.2. The van der Waals surface area contributed by atoms with Crippen LogP contribution in [0.25, 0.3) is 0 Å². The van der Waals surface area contributed by atoms with E-state index < -0.39 is 41.8 Å². The van der Waals surface area contributed by atoms with E-state index in [1.807, 2.05) is 0 Å². The van der Waals surface area contributed by atoms with E-state index in [-0.39, 0.29) is 13.0 Å². The van der Waals surface area contributed by atoms with Gasteiger partial charge in [-0.25, -0.2) is 4.79 Å². The number of aromatic nitrogens is 2. The maximum Gasteiger partial charge on any atom is 0.329 e. The van der Waals surface area contributed by atoms with Gasteiger partial charge in [0, 0.05) is 12.6 Å². The van der Waals surface area contributed by atoms with E-state index in [2.05, 4.69) is 4.98 Å². The summed E-state index contributed by atoms with van der Waals surface area (Å²) in [4.78, 5) is 13.8. The predicted molar refractivity (Wildman–Crippen MR) is 52.5 cm³/mol. The van der Waals surface area contributed by atoms with Crippen molar-refractivity contribution in [2.24, 2.45) is 0 Å². The van der Waals surface area contributed by atoms with Crippen molar-refractivity contribution < 1.29 is 17.7 Å². The van der Waals surface area contributed by atoms with Crippen LogP contribution in [0.15, 0.2) is 17.0 Å². The largest absolute Gasteiger partial charge is 0.394 e. The first kappa shape index (κ1) is 8.68. The molecule has 2 rings (SSSR count).